The van der Waals surface area contributed by atoms with E-state index in [1.54, 1.807) is 49.6 Å². The molecule has 1 unspecified atom stereocenters. The predicted molar refractivity (Wildman–Crippen MR) is 87.8 cm³/mol. The Bertz CT molecular complexity index is 772. The van der Waals surface area contributed by atoms with E-state index in [0.717, 1.165) is 5.56 Å². The molecule has 0 saturated carbocycles. The van der Waals surface area contributed by atoms with Crippen molar-refractivity contribution in [2.45, 2.75) is 18.4 Å². The molecule has 1 amide bonds. The summed E-state index contributed by atoms with van der Waals surface area (Å²) in [6.07, 6.45) is 1.59. The average molecular weight is 332 g/mol. The molecule has 2 rings (SSSR count). The number of hydrogen-bond donors (Lipinski definition) is 1. The van der Waals surface area contributed by atoms with E-state index in [2.05, 4.69) is 5.32 Å². The Morgan fingerprint density at radius 2 is 1.87 bits per heavy atom. The molecule has 23 heavy (non-hydrogen) atoms. The number of nitrogens with zero attached hydrogens (tertiary/aromatic N) is 1. The van der Waals surface area contributed by atoms with Gasteiger partial charge in [0.05, 0.1) is 4.92 Å². The van der Waals surface area contributed by atoms with Crippen molar-refractivity contribution in [2.75, 3.05) is 6.26 Å². The van der Waals surface area contributed by atoms with Crippen LogP contribution in [0, 0.1) is 17.0 Å². The summed E-state index contributed by atoms with van der Waals surface area (Å²) in [5.74, 6) is -0.488. The minimum atomic E-state index is -1.05. The third-order valence-electron chi connectivity index (χ3n) is 3.38. The molecule has 0 radical (unpaired) electrons. The van der Waals surface area contributed by atoms with E-state index in [1.165, 1.54) is 6.07 Å². The maximum absolute atomic E-state index is 12.3. The van der Waals surface area contributed by atoms with E-state index in [1.807, 2.05) is 0 Å². The number of rotatable bonds is 5. The first-order chi connectivity index (χ1) is 10.9. The van der Waals surface area contributed by atoms with E-state index >= 15 is 0 Å². The van der Waals surface area contributed by atoms with Crippen molar-refractivity contribution < 1.29 is 13.9 Å². The first-order valence-corrected chi connectivity index (χ1v) is 8.40. The highest BCUT2D eigenvalue weighted by atomic mass is 32.2. The topological polar surface area (TPSA) is 89.3 Å². The summed E-state index contributed by atoms with van der Waals surface area (Å²) in [6, 6.07) is 11.5. The van der Waals surface area contributed by atoms with E-state index < -0.39 is 21.6 Å². The van der Waals surface area contributed by atoms with E-state index in [0.29, 0.717) is 10.5 Å². The Balaban J connectivity index is 2.14. The Morgan fingerprint density at radius 3 is 2.43 bits per heavy atom. The zero-order valence-electron chi connectivity index (χ0n) is 12.7. The van der Waals surface area contributed by atoms with Crippen molar-refractivity contribution in [2.24, 2.45) is 0 Å². The molecule has 0 saturated heterocycles. The SMILES string of the molecule is Cc1cccc([N+](=O)[O-])c1C(=O)NCc1ccc(S(C)=O)cc1. The second-order valence-electron chi connectivity index (χ2n) is 5.01. The molecule has 7 heteroatoms. The monoisotopic (exact) mass is 332 g/mol. The summed E-state index contributed by atoms with van der Waals surface area (Å²) < 4.78 is 11.3. The molecule has 2 aromatic carbocycles. The number of aryl methyl sites for hydroxylation is 1. The van der Waals surface area contributed by atoms with Gasteiger partial charge in [-0.15, -0.1) is 0 Å². The van der Waals surface area contributed by atoms with Gasteiger partial charge in [-0.3, -0.25) is 19.1 Å². The number of nitro groups is 1. The highest BCUT2D eigenvalue weighted by molar-refractivity contribution is 7.84. The van der Waals surface area contributed by atoms with Gasteiger partial charge in [-0.05, 0) is 30.2 Å². The van der Waals surface area contributed by atoms with Crippen LogP contribution in [0.3, 0.4) is 0 Å². The molecule has 2 aromatic rings. The number of benzene rings is 2. The minimum absolute atomic E-state index is 0.0729. The van der Waals surface area contributed by atoms with Gasteiger partial charge in [-0.25, -0.2) is 0 Å². The van der Waals surface area contributed by atoms with Crippen LogP contribution in [0.25, 0.3) is 0 Å². The molecular formula is C16H16N2O4S. The molecule has 1 atom stereocenters. The molecule has 0 bridgehead atoms. The van der Waals surface area contributed by atoms with Gasteiger partial charge < -0.3 is 5.32 Å². The lowest BCUT2D eigenvalue weighted by Gasteiger charge is -2.08. The van der Waals surface area contributed by atoms with Gasteiger partial charge in [0.1, 0.15) is 5.56 Å². The largest absolute Gasteiger partial charge is 0.348 e. The third kappa shape index (κ3) is 4.01. The third-order valence-corrected chi connectivity index (χ3v) is 4.32. The first kappa shape index (κ1) is 16.8. The second kappa shape index (κ2) is 7.15. The van der Waals surface area contributed by atoms with Crippen LogP contribution in [-0.4, -0.2) is 21.3 Å². The van der Waals surface area contributed by atoms with Gasteiger partial charge in [-0.2, -0.15) is 0 Å². The lowest BCUT2D eigenvalue weighted by molar-refractivity contribution is -0.385. The first-order valence-electron chi connectivity index (χ1n) is 6.84. The van der Waals surface area contributed by atoms with E-state index in [-0.39, 0.29) is 17.8 Å². The van der Waals surface area contributed by atoms with Crippen LogP contribution < -0.4 is 5.32 Å². The molecule has 0 heterocycles. The maximum atomic E-state index is 12.3. The van der Waals surface area contributed by atoms with Crippen molar-refractivity contribution in [3.8, 4) is 0 Å². The fraction of sp³-hybridized carbons (Fsp3) is 0.188. The van der Waals surface area contributed by atoms with Crippen LogP contribution in [0.5, 0.6) is 0 Å². The molecule has 120 valence electrons. The summed E-state index contributed by atoms with van der Waals surface area (Å²) >= 11 is 0. The second-order valence-corrected chi connectivity index (χ2v) is 6.39. The van der Waals surface area contributed by atoms with Gasteiger partial charge in [0.15, 0.2) is 0 Å². The maximum Gasteiger partial charge on any atom is 0.282 e. The van der Waals surface area contributed by atoms with Crippen LogP contribution >= 0.6 is 0 Å². The van der Waals surface area contributed by atoms with Crippen molar-refractivity contribution in [3.05, 3.63) is 69.3 Å². The van der Waals surface area contributed by atoms with Gasteiger partial charge in [0, 0.05) is 34.6 Å². The summed E-state index contributed by atoms with van der Waals surface area (Å²) in [6.45, 7) is 1.90. The van der Waals surface area contributed by atoms with Crippen molar-refractivity contribution >= 4 is 22.4 Å². The van der Waals surface area contributed by atoms with Gasteiger partial charge in [0.2, 0.25) is 0 Å². The molecule has 0 aliphatic carbocycles. The Morgan fingerprint density at radius 1 is 1.22 bits per heavy atom. The fourth-order valence-electron chi connectivity index (χ4n) is 2.17. The Kier molecular flexibility index (Phi) is 5.23. The summed E-state index contributed by atoms with van der Waals surface area (Å²) in [5, 5.41) is 13.7. The molecule has 0 fully saturated rings. The number of carbonyl (C=O) groups excluding carboxylic acids is 1. The van der Waals surface area contributed by atoms with E-state index in [9.17, 15) is 19.1 Å². The predicted octanol–water partition coefficient (Wildman–Crippen LogP) is 2.57. The zero-order valence-corrected chi connectivity index (χ0v) is 13.6. The summed E-state index contributed by atoms with van der Waals surface area (Å²) in [5.41, 5.74) is 1.24. The molecular weight excluding hydrogens is 316 g/mol. The van der Waals surface area contributed by atoms with Gasteiger partial charge in [-0.1, -0.05) is 24.3 Å². The molecule has 6 nitrogen and oxygen atoms in total. The standard InChI is InChI=1S/C16H16N2O4S/c1-11-4-3-5-14(18(20)21)15(11)16(19)17-10-12-6-8-13(9-7-12)23(2)22/h3-9H,10H2,1-2H3,(H,17,19). The normalized spacial score (nSPS) is 11.7. The molecule has 0 aromatic heterocycles. The molecule has 1 N–H and O–H groups in total. The van der Waals surface area contributed by atoms with Crippen LogP contribution in [0.2, 0.25) is 0 Å². The van der Waals surface area contributed by atoms with Gasteiger partial charge in [0.25, 0.3) is 11.6 Å². The highest BCUT2D eigenvalue weighted by Gasteiger charge is 2.21. The lowest BCUT2D eigenvalue weighted by Crippen LogP contribution is -2.24. The molecule has 0 aliphatic heterocycles. The van der Waals surface area contributed by atoms with Crippen LogP contribution in [-0.2, 0) is 17.3 Å². The van der Waals surface area contributed by atoms with E-state index in [4.69, 9.17) is 0 Å². The van der Waals surface area contributed by atoms with Crippen LogP contribution in [0.1, 0.15) is 21.5 Å². The van der Waals surface area contributed by atoms with Gasteiger partial charge >= 0.3 is 0 Å². The quantitative estimate of drug-likeness (QED) is 0.673. The fourth-order valence-corrected chi connectivity index (χ4v) is 2.69. The van der Waals surface area contributed by atoms with Crippen LogP contribution in [0.4, 0.5) is 5.69 Å². The average Bonchev–Trinajstić information content (AvgIpc) is 2.52. The molecule has 0 aliphatic rings. The van der Waals surface area contributed by atoms with Crippen molar-refractivity contribution in [1.82, 2.24) is 5.32 Å². The zero-order chi connectivity index (χ0) is 17.0. The van der Waals surface area contributed by atoms with Crippen molar-refractivity contribution in [1.29, 1.82) is 0 Å². The number of nitrogens with one attached hydrogen (secondary N) is 1. The smallest absolute Gasteiger partial charge is 0.282 e. The van der Waals surface area contributed by atoms with Crippen LogP contribution in [0.15, 0.2) is 47.4 Å². The van der Waals surface area contributed by atoms with Crippen molar-refractivity contribution in [3.63, 3.8) is 0 Å². The summed E-state index contributed by atoms with van der Waals surface area (Å²) in [7, 11) is -1.05. The molecule has 0 spiro atoms. The lowest BCUT2D eigenvalue weighted by atomic mass is 10.1. The minimum Gasteiger partial charge on any atom is -0.348 e. The summed E-state index contributed by atoms with van der Waals surface area (Å²) in [4.78, 5) is 23.5. The Labute approximate surface area is 136 Å². The number of hydrogen-bond acceptors (Lipinski definition) is 4. The number of nitro benzene ring substituents is 1. The Hall–Kier alpha value is -2.54. The number of carbonyl (C=O) groups is 1. The number of amides is 1. The highest BCUT2D eigenvalue weighted by Crippen LogP contribution is 2.21.